The number of halogens is 1. The zero-order valence-corrected chi connectivity index (χ0v) is 29.4. The van der Waals surface area contributed by atoms with Crippen LogP contribution < -0.4 is 14.4 Å². The first-order chi connectivity index (χ1) is 23.0. The van der Waals surface area contributed by atoms with Crippen LogP contribution >= 0.6 is 11.6 Å². The van der Waals surface area contributed by atoms with Crippen molar-refractivity contribution in [1.29, 1.82) is 0 Å². The number of ether oxygens (including phenoxy) is 2. The van der Waals surface area contributed by atoms with Gasteiger partial charge in [0, 0.05) is 48.3 Å². The van der Waals surface area contributed by atoms with Gasteiger partial charge in [-0.05, 0) is 112 Å². The zero-order valence-electron chi connectivity index (χ0n) is 27.8. The molecule has 1 amide bonds. The molecule has 2 aromatic carbocycles. The highest BCUT2D eigenvalue weighted by atomic mass is 35.5. The second-order valence-corrected chi connectivity index (χ2v) is 16.1. The summed E-state index contributed by atoms with van der Waals surface area (Å²) < 4.78 is 43.4. The van der Waals surface area contributed by atoms with Gasteiger partial charge in [-0.2, -0.15) is 12.7 Å². The van der Waals surface area contributed by atoms with Crippen molar-refractivity contribution in [3.63, 3.8) is 0 Å². The van der Waals surface area contributed by atoms with Crippen molar-refractivity contribution < 1.29 is 27.8 Å². The lowest BCUT2D eigenvalue weighted by atomic mass is 9.68. The first-order valence-electron chi connectivity index (χ1n) is 17.2. The molecule has 0 unspecified atom stereocenters. The second kappa shape index (κ2) is 14.5. The standard InChI is InChI=1S/C37H48ClN3O6S/c1-4-8-25(3)41(22-30-10-7-18-46-30)48(44,45)39-36(43)27-12-16-35-33(20-27)40(21-28-11-14-31(28)34(42)5-2)23-37(24-47-35)17-6-9-26-19-29(38)13-15-32(26)37/h4-5,12-13,15-16,19-20,25,28,30-31,34,42H,1-2,6-11,14,17-18,21-24H2,3H3,(H,39,43)/t25-,28+,30-,31-,34+,37+/m1/s1. The van der Waals surface area contributed by atoms with E-state index in [2.05, 4.69) is 34.9 Å². The maximum atomic E-state index is 13.7. The number of aliphatic hydroxyl groups excluding tert-OH is 1. The van der Waals surface area contributed by atoms with Gasteiger partial charge in [0.25, 0.3) is 5.91 Å². The summed E-state index contributed by atoms with van der Waals surface area (Å²) in [5.41, 5.74) is 3.13. The van der Waals surface area contributed by atoms with E-state index in [4.69, 9.17) is 21.1 Å². The summed E-state index contributed by atoms with van der Waals surface area (Å²) in [5.74, 6) is 0.269. The smallest absolute Gasteiger partial charge is 0.304 e. The van der Waals surface area contributed by atoms with Crippen LogP contribution in [0.4, 0.5) is 5.69 Å². The fourth-order valence-corrected chi connectivity index (χ4v) is 9.67. The second-order valence-electron chi connectivity index (χ2n) is 14.0. The van der Waals surface area contributed by atoms with E-state index < -0.39 is 28.3 Å². The van der Waals surface area contributed by atoms with E-state index >= 15 is 0 Å². The quantitative estimate of drug-likeness (QED) is 0.270. The number of hydrogen-bond donors (Lipinski definition) is 2. The van der Waals surface area contributed by atoms with Gasteiger partial charge in [-0.1, -0.05) is 29.8 Å². The molecule has 11 heteroatoms. The third-order valence-electron chi connectivity index (χ3n) is 10.8. The predicted molar refractivity (Wildman–Crippen MR) is 189 cm³/mol. The van der Waals surface area contributed by atoms with Gasteiger partial charge < -0.3 is 19.5 Å². The molecule has 1 spiro atoms. The highest BCUT2D eigenvalue weighted by Crippen LogP contribution is 2.46. The molecule has 6 rings (SSSR count). The minimum Gasteiger partial charge on any atom is -0.490 e. The molecule has 6 atom stereocenters. The van der Waals surface area contributed by atoms with Gasteiger partial charge in [-0.3, -0.25) is 4.79 Å². The van der Waals surface area contributed by atoms with Crippen LogP contribution in [0.5, 0.6) is 5.75 Å². The number of carbonyl (C=O) groups excluding carboxylic acids is 1. The molecule has 4 aliphatic rings. The molecule has 1 saturated carbocycles. The number of amides is 1. The number of carbonyl (C=O) groups is 1. The Labute approximate surface area is 290 Å². The van der Waals surface area contributed by atoms with E-state index in [1.54, 1.807) is 30.4 Å². The molecular formula is C37H48ClN3O6S. The van der Waals surface area contributed by atoms with Crippen LogP contribution in [0.1, 0.15) is 73.4 Å². The lowest BCUT2D eigenvalue weighted by molar-refractivity contribution is 0.0460. The summed E-state index contributed by atoms with van der Waals surface area (Å²) in [6.45, 7) is 11.9. The minimum absolute atomic E-state index is 0.104. The molecule has 48 heavy (non-hydrogen) atoms. The molecule has 2 aliphatic heterocycles. The summed E-state index contributed by atoms with van der Waals surface area (Å²) in [7, 11) is -4.20. The largest absolute Gasteiger partial charge is 0.490 e. The maximum absolute atomic E-state index is 13.7. The number of hydrogen-bond acceptors (Lipinski definition) is 7. The van der Waals surface area contributed by atoms with Crippen LogP contribution in [-0.4, -0.2) is 74.8 Å². The third kappa shape index (κ3) is 7.19. The number of rotatable bonds is 12. The molecule has 260 valence electrons. The zero-order chi connectivity index (χ0) is 34.1. The fourth-order valence-electron chi connectivity index (χ4n) is 8.08. The predicted octanol–water partition coefficient (Wildman–Crippen LogP) is 5.81. The normalized spacial score (nSPS) is 26.4. The average Bonchev–Trinajstić information content (AvgIpc) is 3.52. The SMILES string of the molecule is C=CC[C@@H](C)N(C[C@H]1CCCO1)S(=O)(=O)NC(=O)c1ccc2c(c1)N(C[C@@H]1CC[C@H]1[C@@H](O)C=C)C[C@@]1(CCCc3cc(Cl)ccc31)CO2. The lowest BCUT2D eigenvalue weighted by Crippen LogP contribution is -2.50. The van der Waals surface area contributed by atoms with E-state index in [1.807, 2.05) is 13.0 Å². The van der Waals surface area contributed by atoms with Gasteiger partial charge in [-0.25, -0.2) is 4.72 Å². The highest BCUT2D eigenvalue weighted by molar-refractivity contribution is 7.87. The van der Waals surface area contributed by atoms with Crippen LogP contribution in [0, 0.1) is 11.8 Å². The number of benzene rings is 2. The number of aryl methyl sites for hydroxylation is 1. The highest BCUT2D eigenvalue weighted by Gasteiger charge is 2.44. The molecule has 9 nitrogen and oxygen atoms in total. The molecule has 0 radical (unpaired) electrons. The Kier molecular flexibility index (Phi) is 10.6. The number of nitrogens with one attached hydrogen (secondary N) is 1. The van der Waals surface area contributed by atoms with Crippen molar-refractivity contribution in [1.82, 2.24) is 9.03 Å². The van der Waals surface area contributed by atoms with Gasteiger partial charge in [0.05, 0.1) is 24.5 Å². The number of fused-ring (bicyclic) bond motifs is 3. The molecule has 2 aliphatic carbocycles. The maximum Gasteiger partial charge on any atom is 0.304 e. The Balaban J connectivity index is 1.31. The van der Waals surface area contributed by atoms with E-state index in [0.29, 0.717) is 38.5 Å². The van der Waals surface area contributed by atoms with Crippen LogP contribution in [-0.2, 0) is 26.8 Å². The average molecular weight is 698 g/mol. The molecule has 2 heterocycles. The number of nitrogens with zero attached hydrogens (tertiary/aromatic N) is 2. The van der Waals surface area contributed by atoms with Gasteiger partial charge >= 0.3 is 10.2 Å². The summed E-state index contributed by atoms with van der Waals surface area (Å²) in [6, 6.07) is 10.9. The fraction of sp³-hybridized carbons (Fsp3) is 0.541. The molecule has 2 N–H and O–H groups in total. The van der Waals surface area contributed by atoms with Gasteiger partial charge in [0.2, 0.25) is 0 Å². The Bertz CT molecular complexity index is 1630. The van der Waals surface area contributed by atoms with Gasteiger partial charge in [-0.15, -0.1) is 13.2 Å². The Morgan fingerprint density at radius 2 is 2.04 bits per heavy atom. The number of aliphatic hydroxyl groups is 1. The van der Waals surface area contributed by atoms with Crippen LogP contribution in [0.2, 0.25) is 5.02 Å². The molecule has 0 aromatic heterocycles. The van der Waals surface area contributed by atoms with Crippen molar-refractivity contribution in [2.24, 2.45) is 11.8 Å². The molecule has 1 saturated heterocycles. The minimum atomic E-state index is -4.20. The van der Waals surface area contributed by atoms with Crippen molar-refractivity contribution in [3.8, 4) is 5.75 Å². The van der Waals surface area contributed by atoms with Crippen molar-refractivity contribution in [2.45, 2.75) is 82.0 Å². The van der Waals surface area contributed by atoms with Crippen molar-refractivity contribution in [2.75, 3.05) is 37.7 Å². The van der Waals surface area contributed by atoms with E-state index in [-0.39, 0.29) is 35.5 Å². The molecule has 0 bridgehead atoms. The monoisotopic (exact) mass is 697 g/mol. The van der Waals surface area contributed by atoms with E-state index in [1.165, 1.54) is 15.4 Å². The lowest BCUT2D eigenvalue weighted by Gasteiger charge is -2.45. The van der Waals surface area contributed by atoms with E-state index in [0.717, 1.165) is 55.7 Å². The van der Waals surface area contributed by atoms with Gasteiger partial charge in [0.1, 0.15) is 5.75 Å². The van der Waals surface area contributed by atoms with Crippen LogP contribution in [0.15, 0.2) is 61.7 Å². The molecule has 2 aromatic rings. The van der Waals surface area contributed by atoms with Crippen molar-refractivity contribution >= 4 is 33.4 Å². The Hall–Kier alpha value is -2.89. The number of anilines is 1. The summed E-state index contributed by atoms with van der Waals surface area (Å²) in [6.07, 6.45) is 9.37. The van der Waals surface area contributed by atoms with E-state index in [9.17, 15) is 18.3 Å². The molecular weight excluding hydrogens is 650 g/mol. The first-order valence-corrected chi connectivity index (χ1v) is 19.0. The summed E-state index contributed by atoms with van der Waals surface area (Å²) >= 11 is 6.41. The topological polar surface area (TPSA) is 108 Å². The Morgan fingerprint density at radius 3 is 2.75 bits per heavy atom. The molecule has 2 fully saturated rings. The summed E-state index contributed by atoms with van der Waals surface area (Å²) in [4.78, 5) is 16.0. The Morgan fingerprint density at radius 1 is 1.21 bits per heavy atom. The third-order valence-corrected chi connectivity index (χ3v) is 12.7. The first kappa shape index (κ1) is 35.0. The van der Waals surface area contributed by atoms with Crippen molar-refractivity contribution in [3.05, 3.63) is 83.4 Å². The van der Waals surface area contributed by atoms with Gasteiger partial charge in [0.15, 0.2) is 0 Å². The summed E-state index contributed by atoms with van der Waals surface area (Å²) in [5, 5.41) is 11.4. The van der Waals surface area contributed by atoms with Crippen LogP contribution in [0.25, 0.3) is 0 Å². The van der Waals surface area contributed by atoms with Crippen LogP contribution in [0.3, 0.4) is 0 Å².